The maximum Gasteiger partial charge on any atom is 0.252 e. The lowest BCUT2D eigenvalue weighted by Crippen LogP contribution is -2.35. The molecule has 3 N–H and O–H groups in total. The van der Waals surface area contributed by atoms with E-state index in [4.69, 9.17) is 22.1 Å². The SMILES string of the molecule is Cc1ccc(OCC(C)N)cc1C(=O)NC1(c2cc(-c3ccc(Cl)s3)cc3ccccc23)CC1. The van der Waals surface area contributed by atoms with E-state index in [9.17, 15) is 4.79 Å². The van der Waals surface area contributed by atoms with Crippen LogP contribution in [0.1, 0.15) is 41.3 Å². The van der Waals surface area contributed by atoms with E-state index >= 15 is 0 Å². The molecule has 1 atom stereocenters. The summed E-state index contributed by atoms with van der Waals surface area (Å²) in [5.41, 5.74) is 9.23. The number of amides is 1. The fourth-order valence-electron chi connectivity index (χ4n) is 4.35. The molecule has 5 rings (SSSR count). The van der Waals surface area contributed by atoms with E-state index in [1.807, 2.05) is 44.2 Å². The number of hydrogen-bond donors (Lipinski definition) is 2. The van der Waals surface area contributed by atoms with Crippen molar-refractivity contribution in [2.45, 2.75) is 38.3 Å². The molecule has 0 radical (unpaired) electrons. The first-order valence-corrected chi connectivity index (χ1v) is 12.6. The van der Waals surface area contributed by atoms with Crippen molar-refractivity contribution in [2.75, 3.05) is 6.61 Å². The average Bonchev–Trinajstić information content (AvgIpc) is 3.47. The number of fused-ring (bicyclic) bond motifs is 1. The molecule has 6 heteroatoms. The fraction of sp³-hybridized carbons (Fsp3) is 0.250. The third-order valence-corrected chi connectivity index (χ3v) is 7.58. The van der Waals surface area contributed by atoms with Crippen LogP contribution in [0.4, 0.5) is 0 Å². The highest BCUT2D eigenvalue weighted by Gasteiger charge is 2.47. The summed E-state index contributed by atoms with van der Waals surface area (Å²) in [6, 6.07) is 22.3. The van der Waals surface area contributed by atoms with Gasteiger partial charge in [0.1, 0.15) is 12.4 Å². The number of halogens is 1. The first-order chi connectivity index (χ1) is 16.3. The predicted molar refractivity (Wildman–Crippen MR) is 141 cm³/mol. The maximum absolute atomic E-state index is 13.5. The van der Waals surface area contributed by atoms with E-state index in [1.165, 1.54) is 0 Å². The van der Waals surface area contributed by atoms with Crippen LogP contribution in [0.2, 0.25) is 4.34 Å². The summed E-state index contributed by atoms with van der Waals surface area (Å²) in [6.07, 6.45) is 1.80. The Bertz CT molecular complexity index is 1370. The largest absolute Gasteiger partial charge is 0.492 e. The van der Waals surface area contributed by atoms with E-state index in [2.05, 4.69) is 41.7 Å². The molecule has 1 aromatic heterocycles. The van der Waals surface area contributed by atoms with Crippen LogP contribution in [0, 0.1) is 6.92 Å². The molecule has 1 fully saturated rings. The maximum atomic E-state index is 13.5. The zero-order valence-electron chi connectivity index (χ0n) is 19.2. The third-order valence-electron chi connectivity index (χ3n) is 6.30. The summed E-state index contributed by atoms with van der Waals surface area (Å²) < 4.78 is 6.52. The van der Waals surface area contributed by atoms with Gasteiger partial charge in [0, 0.05) is 16.5 Å². The van der Waals surface area contributed by atoms with Crippen molar-refractivity contribution in [3.8, 4) is 16.2 Å². The Labute approximate surface area is 208 Å². The topological polar surface area (TPSA) is 64.3 Å². The van der Waals surface area contributed by atoms with Crippen molar-refractivity contribution in [1.82, 2.24) is 5.32 Å². The van der Waals surface area contributed by atoms with Crippen LogP contribution in [0.3, 0.4) is 0 Å². The smallest absolute Gasteiger partial charge is 0.252 e. The van der Waals surface area contributed by atoms with Gasteiger partial charge in [0.2, 0.25) is 0 Å². The lowest BCUT2D eigenvalue weighted by atomic mass is 9.93. The van der Waals surface area contributed by atoms with E-state index < -0.39 is 0 Å². The fourth-order valence-corrected chi connectivity index (χ4v) is 5.38. The monoisotopic (exact) mass is 490 g/mol. The first kappa shape index (κ1) is 22.9. The number of nitrogens with two attached hydrogens (primary N) is 1. The molecule has 4 aromatic rings. The molecule has 0 aliphatic heterocycles. The lowest BCUT2D eigenvalue weighted by molar-refractivity contribution is 0.0930. The summed E-state index contributed by atoms with van der Waals surface area (Å²) in [5.74, 6) is 0.565. The Morgan fingerprint density at radius 1 is 1.15 bits per heavy atom. The zero-order chi connectivity index (χ0) is 23.9. The summed E-state index contributed by atoms with van der Waals surface area (Å²) in [4.78, 5) is 14.6. The van der Waals surface area contributed by atoms with Gasteiger partial charge >= 0.3 is 0 Å². The van der Waals surface area contributed by atoms with Gasteiger partial charge in [-0.3, -0.25) is 4.79 Å². The van der Waals surface area contributed by atoms with Crippen molar-refractivity contribution < 1.29 is 9.53 Å². The van der Waals surface area contributed by atoms with E-state index in [1.54, 1.807) is 11.3 Å². The van der Waals surface area contributed by atoms with Crippen LogP contribution < -0.4 is 15.8 Å². The molecule has 1 amide bonds. The van der Waals surface area contributed by atoms with Crippen molar-refractivity contribution in [2.24, 2.45) is 5.73 Å². The van der Waals surface area contributed by atoms with Gasteiger partial charge in [-0.1, -0.05) is 41.9 Å². The number of ether oxygens (including phenoxy) is 1. The Morgan fingerprint density at radius 2 is 1.94 bits per heavy atom. The molecule has 4 nitrogen and oxygen atoms in total. The first-order valence-electron chi connectivity index (χ1n) is 11.5. The number of thiophene rings is 1. The van der Waals surface area contributed by atoms with Crippen molar-refractivity contribution in [3.05, 3.63) is 87.8 Å². The van der Waals surface area contributed by atoms with Crippen LogP contribution in [0.15, 0.2) is 66.7 Å². The standard InChI is InChI=1S/C28H27ClN2O2S/c1-17-7-8-21(33-16-18(2)30)15-23(17)27(32)31-28(11-12-28)24-14-20(25-9-10-26(29)34-25)13-19-5-3-4-6-22(19)24/h3-10,13-15,18H,11-12,16,30H2,1-2H3,(H,31,32). The van der Waals surface area contributed by atoms with Crippen LogP contribution >= 0.6 is 22.9 Å². The Hall–Kier alpha value is -2.86. The summed E-state index contributed by atoms with van der Waals surface area (Å²) in [6.45, 7) is 4.24. The molecule has 34 heavy (non-hydrogen) atoms. The molecule has 1 heterocycles. The van der Waals surface area contributed by atoms with Crippen LogP contribution in [-0.2, 0) is 5.54 Å². The molecular formula is C28H27ClN2O2S. The Balaban J connectivity index is 1.50. The number of nitrogens with one attached hydrogen (secondary N) is 1. The van der Waals surface area contributed by atoms with Gasteiger partial charge in [-0.2, -0.15) is 0 Å². The molecule has 174 valence electrons. The van der Waals surface area contributed by atoms with Gasteiger partial charge < -0.3 is 15.8 Å². The minimum absolute atomic E-state index is 0.0768. The zero-order valence-corrected chi connectivity index (χ0v) is 20.8. The minimum atomic E-state index is -0.386. The summed E-state index contributed by atoms with van der Waals surface area (Å²) in [7, 11) is 0. The molecule has 1 aliphatic carbocycles. The Kier molecular flexibility index (Phi) is 6.11. The van der Waals surface area contributed by atoms with Gasteiger partial charge in [-0.05, 0) is 90.6 Å². The molecule has 0 bridgehead atoms. The van der Waals surface area contributed by atoms with E-state index in [0.29, 0.717) is 17.9 Å². The van der Waals surface area contributed by atoms with Crippen LogP contribution in [0.5, 0.6) is 5.75 Å². The lowest BCUT2D eigenvalue weighted by Gasteiger charge is -2.22. The second kappa shape index (κ2) is 9.06. The molecular weight excluding hydrogens is 464 g/mol. The van der Waals surface area contributed by atoms with E-state index in [-0.39, 0.29) is 17.5 Å². The van der Waals surface area contributed by atoms with E-state index in [0.717, 1.165) is 49.5 Å². The molecule has 0 saturated heterocycles. The average molecular weight is 491 g/mol. The number of aryl methyl sites for hydroxylation is 1. The number of carbonyl (C=O) groups excluding carboxylic acids is 1. The number of carbonyl (C=O) groups is 1. The molecule has 3 aromatic carbocycles. The second-order valence-corrected chi connectivity index (χ2v) is 10.9. The quantitative estimate of drug-likeness (QED) is 0.304. The second-order valence-electron chi connectivity index (χ2n) is 9.15. The number of rotatable bonds is 7. The normalized spacial score (nSPS) is 15.2. The predicted octanol–water partition coefficient (Wildman–Crippen LogP) is 6.68. The van der Waals surface area contributed by atoms with Gasteiger partial charge in [0.05, 0.1) is 9.88 Å². The highest BCUT2D eigenvalue weighted by Crippen LogP contribution is 2.49. The van der Waals surface area contributed by atoms with Gasteiger partial charge in [-0.15, -0.1) is 11.3 Å². The summed E-state index contributed by atoms with van der Waals surface area (Å²) >= 11 is 7.78. The minimum Gasteiger partial charge on any atom is -0.492 e. The molecule has 0 spiro atoms. The highest BCUT2D eigenvalue weighted by atomic mass is 35.5. The van der Waals surface area contributed by atoms with Crippen molar-refractivity contribution >= 4 is 39.6 Å². The molecule has 1 saturated carbocycles. The number of benzene rings is 3. The number of hydrogen-bond acceptors (Lipinski definition) is 4. The summed E-state index contributed by atoms with van der Waals surface area (Å²) in [5, 5.41) is 5.69. The van der Waals surface area contributed by atoms with Gasteiger partial charge in [-0.25, -0.2) is 0 Å². The van der Waals surface area contributed by atoms with Crippen LogP contribution in [-0.4, -0.2) is 18.6 Å². The van der Waals surface area contributed by atoms with Crippen molar-refractivity contribution in [1.29, 1.82) is 0 Å². The highest BCUT2D eigenvalue weighted by molar-refractivity contribution is 7.19. The van der Waals surface area contributed by atoms with Gasteiger partial charge in [0.25, 0.3) is 5.91 Å². The van der Waals surface area contributed by atoms with Crippen LogP contribution in [0.25, 0.3) is 21.2 Å². The third kappa shape index (κ3) is 4.56. The van der Waals surface area contributed by atoms with Gasteiger partial charge in [0.15, 0.2) is 0 Å². The van der Waals surface area contributed by atoms with Crippen molar-refractivity contribution in [3.63, 3.8) is 0 Å². The molecule has 1 unspecified atom stereocenters. The molecule has 1 aliphatic rings. The Morgan fingerprint density at radius 3 is 2.65 bits per heavy atom.